The molecule has 2 aromatic rings. The number of rotatable bonds is 0. The van der Waals surface area contributed by atoms with Crippen molar-refractivity contribution in [3.63, 3.8) is 0 Å². The fraction of sp³-hybridized carbons (Fsp3) is 0.0909. The predicted molar refractivity (Wildman–Crippen MR) is 53.2 cm³/mol. The van der Waals surface area contributed by atoms with Crippen molar-refractivity contribution in [2.75, 3.05) is 0 Å². The molecule has 0 N–H and O–H groups in total. The van der Waals surface area contributed by atoms with Crippen LogP contribution in [0.1, 0.15) is 5.56 Å². The Labute approximate surface area is 78.3 Å². The molecule has 0 unspecified atom stereocenters. The fourth-order valence-corrected chi connectivity index (χ4v) is 0.788. The van der Waals surface area contributed by atoms with Gasteiger partial charge in [-0.15, -0.1) is 0 Å². The minimum Gasteiger partial charge on any atom is -0.262 e. The lowest BCUT2D eigenvalue weighted by Crippen LogP contribution is -1.66. The van der Waals surface area contributed by atoms with Gasteiger partial charge in [0.2, 0.25) is 0 Å². The molecule has 2 rings (SSSR count). The third kappa shape index (κ3) is 4.69. The molecule has 0 spiro atoms. The Hall–Kier alpha value is -1.70. The smallest absolute Gasteiger partial charge is 0.0451 e. The number of benzene rings is 1. The molecule has 66 valence electrons. The summed E-state index contributed by atoms with van der Waals surface area (Å²) >= 11 is 0. The zero-order chi connectivity index (χ0) is 9.36. The van der Waals surface area contributed by atoms with Crippen molar-refractivity contribution in [2.45, 2.75) is 6.92 Å². The highest BCUT2D eigenvalue weighted by Gasteiger charge is 1.72. The zero-order valence-electron chi connectivity index (χ0n) is 7.59. The molecule has 0 atom stereocenters. The Bertz CT molecular complexity index is 279. The Morgan fingerprint density at radius 2 is 1.23 bits per heavy atom. The molecule has 0 radical (unpaired) electrons. The monoisotopic (exact) mass is 172 g/mol. The van der Waals surface area contributed by atoms with Gasteiger partial charge in [0.15, 0.2) is 0 Å². The summed E-state index contributed by atoms with van der Waals surface area (Å²) in [5, 5.41) is 0. The molecule has 0 aliphatic carbocycles. The van der Waals surface area contributed by atoms with E-state index in [0.29, 0.717) is 0 Å². The molecule has 2 nitrogen and oxygen atoms in total. The third-order valence-electron chi connectivity index (χ3n) is 1.42. The molecule has 1 aromatic heterocycles. The molecule has 1 aromatic carbocycles. The van der Waals surface area contributed by atoms with E-state index in [1.807, 2.05) is 18.2 Å². The Kier molecular flexibility index (Phi) is 4.25. The van der Waals surface area contributed by atoms with Crippen molar-refractivity contribution >= 4 is 0 Å². The Morgan fingerprint density at radius 1 is 0.769 bits per heavy atom. The third-order valence-corrected chi connectivity index (χ3v) is 1.42. The van der Waals surface area contributed by atoms with Crippen LogP contribution in [0.2, 0.25) is 0 Å². The number of aryl methyl sites for hydroxylation is 1. The summed E-state index contributed by atoms with van der Waals surface area (Å²) in [7, 11) is 0. The minimum atomic E-state index is 1.32. The van der Waals surface area contributed by atoms with E-state index in [9.17, 15) is 0 Å². The van der Waals surface area contributed by atoms with E-state index in [0.717, 1.165) is 0 Å². The average Bonchev–Trinajstić information content (AvgIpc) is 2.22. The van der Waals surface area contributed by atoms with Crippen LogP contribution in [0.3, 0.4) is 0 Å². The van der Waals surface area contributed by atoms with Crippen molar-refractivity contribution in [2.24, 2.45) is 0 Å². The van der Waals surface area contributed by atoms with Gasteiger partial charge in [-0.1, -0.05) is 35.9 Å². The summed E-state index contributed by atoms with van der Waals surface area (Å²) in [4.78, 5) is 7.44. The molecular formula is C11H12N2. The molecule has 0 saturated carbocycles. The second-order valence-corrected chi connectivity index (χ2v) is 2.55. The largest absolute Gasteiger partial charge is 0.262 e. The van der Waals surface area contributed by atoms with Gasteiger partial charge >= 0.3 is 0 Å². The van der Waals surface area contributed by atoms with E-state index in [4.69, 9.17) is 0 Å². The lowest BCUT2D eigenvalue weighted by Gasteiger charge is -1.82. The highest BCUT2D eigenvalue weighted by atomic mass is 14.7. The summed E-state index contributed by atoms with van der Waals surface area (Å²) in [5.74, 6) is 0. The Morgan fingerprint density at radius 3 is 1.46 bits per heavy atom. The molecule has 0 aliphatic heterocycles. The van der Waals surface area contributed by atoms with Crippen LogP contribution in [0.15, 0.2) is 55.1 Å². The van der Waals surface area contributed by atoms with Gasteiger partial charge in [-0.05, 0) is 6.92 Å². The molecule has 0 bridgehead atoms. The van der Waals surface area contributed by atoms with Gasteiger partial charge < -0.3 is 0 Å². The lowest BCUT2D eigenvalue weighted by molar-refractivity contribution is 1.20. The lowest BCUT2D eigenvalue weighted by atomic mass is 10.2. The van der Waals surface area contributed by atoms with Crippen LogP contribution >= 0.6 is 0 Å². The first-order valence-corrected chi connectivity index (χ1v) is 4.11. The maximum Gasteiger partial charge on any atom is 0.0451 e. The first kappa shape index (κ1) is 9.39. The highest BCUT2D eigenvalue weighted by molar-refractivity contribution is 5.11. The topological polar surface area (TPSA) is 25.8 Å². The van der Waals surface area contributed by atoms with Crippen molar-refractivity contribution in [1.82, 2.24) is 9.97 Å². The maximum atomic E-state index is 3.72. The summed E-state index contributed by atoms with van der Waals surface area (Å²) in [6, 6.07) is 10.3. The standard InChI is InChI=1S/C7H8.C4H4N2/c1-7-5-3-2-4-6-7;1-2-6-4-3-5-1/h2-6H,1H3;1-4H. The molecule has 13 heavy (non-hydrogen) atoms. The van der Waals surface area contributed by atoms with Crippen LogP contribution in [-0.2, 0) is 0 Å². The van der Waals surface area contributed by atoms with Crippen molar-refractivity contribution < 1.29 is 0 Å². The molecule has 0 amide bonds. The summed E-state index contributed by atoms with van der Waals surface area (Å²) in [6.45, 7) is 2.08. The Balaban J connectivity index is 0.000000132. The van der Waals surface area contributed by atoms with Crippen molar-refractivity contribution in [3.05, 3.63) is 60.7 Å². The average molecular weight is 172 g/mol. The van der Waals surface area contributed by atoms with Gasteiger partial charge in [0, 0.05) is 24.8 Å². The van der Waals surface area contributed by atoms with Crippen LogP contribution in [0, 0.1) is 6.92 Å². The summed E-state index contributed by atoms with van der Waals surface area (Å²) < 4.78 is 0. The summed E-state index contributed by atoms with van der Waals surface area (Å²) in [6.07, 6.45) is 6.56. The van der Waals surface area contributed by atoms with E-state index < -0.39 is 0 Å². The summed E-state index contributed by atoms with van der Waals surface area (Å²) in [5.41, 5.74) is 1.32. The van der Waals surface area contributed by atoms with Crippen LogP contribution < -0.4 is 0 Å². The molecule has 0 aliphatic rings. The van der Waals surface area contributed by atoms with Crippen molar-refractivity contribution in [3.8, 4) is 0 Å². The van der Waals surface area contributed by atoms with Gasteiger partial charge in [0.1, 0.15) is 0 Å². The molecule has 0 saturated heterocycles. The molecule has 1 heterocycles. The van der Waals surface area contributed by atoms with E-state index in [1.54, 1.807) is 24.8 Å². The quantitative estimate of drug-likeness (QED) is 0.610. The number of nitrogens with zero attached hydrogens (tertiary/aromatic N) is 2. The first-order valence-electron chi connectivity index (χ1n) is 4.11. The highest BCUT2D eigenvalue weighted by Crippen LogP contribution is 1.92. The normalized spacial score (nSPS) is 8.38. The SMILES string of the molecule is Cc1ccccc1.c1cnccn1. The number of hydrogen-bond donors (Lipinski definition) is 0. The minimum absolute atomic E-state index is 1.32. The van der Waals surface area contributed by atoms with Crippen molar-refractivity contribution in [1.29, 1.82) is 0 Å². The number of aromatic nitrogens is 2. The maximum absolute atomic E-state index is 3.72. The van der Waals surface area contributed by atoms with Crippen LogP contribution in [0.25, 0.3) is 0 Å². The zero-order valence-corrected chi connectivity index (χ0v) is 7.59. The van der Waals surface area contributed by atoms with Gasteiger partial charge in [0.25, 0.3) is 0 Å². The predicted octanol–water partition coefficient (Wildman–Crippen LogP) is 2.47. The molecule has 0 fully saturated rings. The number of hydrogen-bond acceptors (Lipinski definition) is 2. The molecule has 2 heteroatoms. The van der Waals surface area contributed by atoms with Gasteiger partial charge in [0.05, 0.1) is 0 Å². The van der Waals surface area contributed by atoms with E-state index in [2.05, 4.69) is 29.0 Å². The second kappa shape index (κ2) is 5.89. The van der Waals surface area contributed by atoms with E-state index >= 15 is 0 Å². The van der Waals surface area contributed by atoms with Crippen LogP contribution in [-0.4, -0.2) is 9.97 Å². The van der Waals surface area contributed by atoms with Gasteiger partial charge in [-0.3, -0.25) is 9.97 Å². The van der Waals surface area contributed by atoms with E-state index in [1.165, 1.54) is 5.56 Å². The first-order chi connectivity index (χ1) is 6.39. The van der Waals surface area contributed by atoms with Gasteiger partial charge in [-0.2, -0.15) is 0 Å². The van der Waals surface area contributed by atoms with Crippen LogP contribution in [0.4, 0.5) is 0 Å². The van der Waals surface area contributed by atoms with Crippen LogP contribution in [0.5, 0.6) is 0 Å². The second-order valence-electron chi connectivity index (χ2n) is 2.55. The van der Waals surface area contributed by atoms with E-state index in [-0.39, 0.29) is 0 Å². The van der Waals surface area contributed by atoms with Gasteiger partial charge in [-0.25, -0.2) is 0 Å². The molecular weight excluding hydrogens is 160 g/mol. The fourth-order valence-electron chi connectivity index (χ4n) is 0.788.